The van der Waals surface area contributed by atoms with Crippen molar-refractivity contribution in [2.75, 3.05) is 26.8 Å². The number of aliphatic hydroxyl groups is 1. The highest BCUT2D eigenvalue weighted by atomic mass is 127. The molecule has 0 aliphatic heterocycles. The number of guanidine groups is 1. The summed E-state index contributed by atoms with van der Waals surface area (Å²) in [6, 6.07) is 16.0. The molecule has 3 rings (SSSR count). The van der Waals surface area contributed by atoms with Crippen molar-refractivity contribution in [3.05, 3.63) is 59.0 Å². The predicted octanol–water partition coefficient (Wildman–Crippen LogP) is 4.72. The maximum atomic E-state index is 10.6. The van der Waals surface area contributed by atoms with E-state index in [0.29, 0.717) is 31.4 Å². The van der Waals surface area contributed by atoms with Crippen molar-refractivity contribution in [2.45, 2.75) is 26.5 Å². The Morgan fingerprint density at radius 1 is 1.10 bits per heavy atom. The fraction of sp³-hybridized carbons (Fsp3) is 0.348. The van der Waals surface area contributed by atoms with Crippen LogP contribution in [0, 0.1) is 0 Å². The van der Waals surface area contributed by atoms with Crippen LogP contribution >= 0.6 is 35.3 Å². The molecule has 3 N–H and O–H groups in total. The third-order valence-electron chi connectivity index (χ3n) is 4.53. The van der Waals surface area contributed by atoms with Gasteiger partial charge < -0.3 is 25.2 Å². The minimum atomic E-state index is -0.600. The first kappa shape index (κ1) is 25.2. The van der Waals surface area contributed by atoms with Crippen LogP contribution in [0.25, 0.3) is 10.1 Å². The summed E-state index contributed by atoms with van der Waals surface area (Å²) in [4.78, 5) is 5.57. The Morgan fingerprint density at radius 3 is 2.61 bits per heavy atom. The molecule has 0 saturated carbocycles. The summed E-state index contributed by atoms with van der Waals surface area (Å²) in [6.07, 6.45) is -0.600. The first-order chi connectivity index (χ1) is 14.6. The van der Waals surface area contributed by atoms with Gasteiger partial charge in [-0.15, -0.1) is 35.3 Å². The molecule has 0 aliphatic rings. The highest BCUT2D eigenvalue weighted by Gasteiger charge is 2.12. The van der Waals surface area contributed by atoms with E-state index < -0.39 is 6.10 Å². The first-order valence-corrected chi connectivity index (χ1v) is 10.9. The topological polar surface area (TPSA) is 75.1 Å². The molecule has 0 fully saturated rings. The average Bonchev–Trinajstić information content (AvgIpc) is 3.21. The zero-order chi connectivity index (χ0) is 21.3. The molecule has 2 aromatic carbocycles. The maximum absolute atomic E-state index is 10.6. The third kappa shape index (κ3) is 6.98. The summed E-state index contributed by atoms with van der Waals surface area (Å²) in [6.45, 7) is 6.14. The molecule has 1 heterocycles. The number of aliphatic imine (C=N–C) groups is 1. The number of methoxy groups -OCH3 is 1. The Kier molecular flexibility index (Phi) is 10.4. The van der Waals surface area contributed by atoms with Gasteiger partial charge in [0.2, 0.25) is 0 Å². The number of aliphatic hydroxyl groups excluding tert-OH is 1. The van der Waals surface area contributed by atoms with Crippen molar-refractivity contribution in [2.24, 2.45) is 4.99 Å². The van der Waals surface area contributed by atoms with Crippen LogP contribution in [-0.2, 0) is 6.54 Å². The van der Waals surface area contributed by atoms with Gasteiger partial charge in [0.25, 0.3) is 0 Å². The van der Waals surface area contributed by atoms with E-state index in [0.717, 1.165) is 28.1 Å². The largest absolute Gasteiger partial charge is 0.493 e. The lowest BCUT2D eigenvalue weighted by atomic mass is 10.2. The van der Waals surface area contributed by atoms with Crippen LogP contribution in [0.2, 0.25) is 0 Å². The van der Waals surface area contributed by atoms with Gasteiger partial charge in [-0.1, -0.05) is 24.3 Å². The molecule has 0 saturated heterocycles. The molecular weight excluding hydrogens is 525 g/mol. The number of hydrogen-bond acceptors (Lipinski definition) is 5. The molecule has 0 radical (unpaired) electrons. The van der Waals surface area contributed by atoms with Crippen molar-refractivity contribution in [3.8, 4) is 11.5 Å². The Bertz CT molecular complexity index is 960. The number of halogens is 1. The monoisotopic (exact) mass is 555 g/mol. The van der Waals surface area contributed by atoms with Crippen LogP contribution in [0.3, 0.4) is 0 Å². The van der Waals surface area contributed by atoms with Gasteiger partial charge in [0.05, 0.1) is 20.3 Å². The minimum absolute atomic E-state index is 0. The van der Waals surface area contributed by atoms with Crippen molar-refractivity contribution < 1.29 is 14.6 Å². The zero-order valence-corrected chi connectivity index (χ0v) is 21.2. The number of rotatable bonds is 9. The van der Waals surface area contributed by atoms with Gasteiger partial charge in [-0.2, -0.15) is 0 Å². The molecule has 31 heavy (non-hydrogen) atoms. The molecule has 0 bridgehead atoms. The molecule has 0 spiro atoms. The lowest BCUT2D eigenvalue weighted by molar-refractivity contribution is 0.184. The number of benzene rings is 2. The average molecular weight is 555 g/mol. The lowest BCUT2D eigenvalue weighted by Gasteiger charge is -2.15. The van der Waals surface area contributed by atoms with Gasteiger partial charge in [0, 0.05) is 22.7 Å². The molecule has 3 aromatic rings. The molecule has 0 amide bonds. The summed E-state index contributed by atoms with van der Waals surface area (Å²) in [5.41, 5.74) is 1.01. The molecule has 1 unspecified atom stereocenters. The van der Waals surface area contributed by atoms with E-state index in [9.17, 15) is 5.11 Å². The number of thiophene rings is 1. The lowest BCUT2D eigenvalue weighted by Crippen LogP contribution is -2.39. The first-order valence-electron chi connectivity index (χ1n) is 10.1. The summed E-state index contributed by atoms with van der Waals surface area (Å²) in [5.74, 6) is 2.08. The SMILES string of the molecule is CCNC(=NCc1ccc(OCC)c(OC)c1)NCC(O)c1cc2ccccc2s1.I. The fourth-order valence-electron chi connectivity index (χ4n) is 3.06. The zero-order valence-electron chi connectivity index (χ0n) is 18.1. The van der Waals surface area contributed by atoms with Crippen molar-refractivity contribution >= 4 is 51.4 Å². The summed E-state index contributed by atoms with van der Waals surface area (Å²) in [7, 11) is 1.63. The Balaban J connectivity index is 0.00000341. The van der Waals surface area contributed by atoms with Gasteiger partial charge in [0.15, 0.2) is 17.5 Å². The van der Waals surface area contributed by atoms with Crippen molar-refractivity contribution in [1.29, 1.82) is 0 Å². The number of fused-ring (bicyclic) bond motifs is 1. The smallest absolute Gasteiger partial charge is 0.191 e. The summed E-state index contributed by atoms with van der Waals surface area (Å²) < 4.78 is 12.1. The standard InChI is InChI=1S/C23H29N3O3S.HI/c1-4-24-23(25-14-16-10-11-19(29-5-2)20(12-16)28-3)26-15-18(27)22-13-17-8-6-7-9-21(17)30-22;/h6-13,18,27H,4-5,14-15H2,1-3H3,(H2,24,25,26);1H. The summed E-state index contributed by atoms with van der Waals surface area (Å²) in [5, 5.41) is 18.2. The Morgan fingerprint density at radius 2 is 1.90 bits per heavy atom. The van der Waals surface area contributed by atoms with Gasteiger partial charge in [-0.05, 0) is 49.1 Å². The van der Waals surface area contributed by atoms with E-state index in [-0.39, 0.29) is 24.0 Å². The van der Waals surface area contributed by atoms with Crippen LogP contribution in [0.5, 0.6) is 11.5 Å². The predicted molar refractivity (Wildman–Crippen MR) is 139 cm³/mol. The van der Waals surface area contributed by atoms with Crippen LogP contribution in [0.4, 0.5) is 0 Å². The van der Waals surface area contributed by atoms with Gasteiger partial charge in [-0.3, -0.25) is 0 Å². The summed E-state index contributed by atoms with van der Waals surface area (Å²) >= 11 is 1.61. The molecule has 0 aliphatic carbocycles. The highest BCUT2D eigenvalue weighted by Crippen LogP contribution is 2.30. The molecule has 168 valence electrons. The normalized spacial score (nSPS) is 12.2. The number of hydrogen-bond donors (Lipinski definition) is 3. The van der Waals surface area contributed by atoms with Gasteiger partial charge in [0.1, 0.15) is 6.10 Å². The van der Waals surface area contributed by atoms with Crippen LogP contribution in [0.15, 0.2) is 53.5 Å². The van der Waals surface area contributed by atoms with E-state index >= 15 is 0 Å². The molecule has 8 heteroatoms. The number of ether oxygens (including phenoxy) is 2. The highest BCUT2D eigenvalue weighted by molar-refractivity contribution is 14.0. The number of nitrogens with zero attached hydrogens (tertiary/aromatic N) is 1. The van der Waals surface area contributed by atoms with E-state index in [4.69, 9.17) is 9.47 Å². The second-order valence-corrected chi connectivity index (χ2v) is 7.81. The third-order valence-corrected chi connectivity index (χ3v) is 5.75. The molecule has 1 atom stereocenters. The number of nitrogens with one attached hydrogen (secondary N) is 2. The molecule has 1 aromatic heterocycles. The molecular formula is C23H30IN3O3S. The van der Waals surface area contributed by atoms with Crippen molar-refractivity contribution in [1.82, 2.24) is 10.6 Å². The quantitative estimate of drug-likeness (QED) is 0.203. The van der Waals surface area contributed by atoms with Crippen molar-refractivity contribution in [3.63, 3.8) is 0 Å². The van der Waals surface area contributed by atoms with Crippen LogP contribution in [-0.4, -0.2) is 37.9 Å². The minimum Gasteiger partial charge on any atom is -0.493 e. The van der Waals surface area contributed by atoms with E-state index in [1.165, 1.54) is 4.70 Å². The molecule has 6 nitrogen and oxygen atoms in total. The Hall–Kier alpha value is -2.04. The van der Waals surface area contributed by atoms with Gasteiger partial charge >= 0.3 is 0 Å². The van der Waals surface area contributed by atoms with Gasteiger partial charge in [-0.25, -0.2) is 4.99 Å². The van der Waals surface area contributed by atoms with Crippen LogP contribution < -0.4 is 20.1 Å². The fourth-order valence-corrected chi connectivity index (χ4v) is 4.11. The Labute approximate surface area is 204 Å². The maximum Gasteiger partial charge on any atom is 0.191 e. The second-order valence-electron chi connectivity index (χ2n) is 6.70. The van der Waals surface area contributed by atoms with E-state index in [1.54, 1.807) is 18.4 Å². The second kappa shape index (κ2) is 12.7. The van der Waals surface area contributed by atoms with E-state index in [2.05, 4.69) is 27.8 Å². The van der Waals surface area contributed by atoms with E-state index in [1.807, 2.05) is 50.2 Å². The van der Waals surface area contributed by atoms with Crippen LogP contribution in [0.1, 0.15) is 30.4 Å².